The maximum atomic E-state index is 12.1. The number of pyridine rings is 1. The molecule has 0 saturated carbocycles. The molecular weight excluding hydrogens is 344 g/mol. The predicted octanol–water partition coefficient (Wildman–Crippen LogP) is 2.17. The van der Waals surface area contributed by atoms with E-state index >= 15 is 0 Å². The van der Waals surface area contributed by atoms with Gasteiger partial charge in [-0.3, -0.25) is 8.75 Å². The number of hydrogen-bond acceptors (Lipinski definition) is 6. The molecule has 0 saturated heterocycles. The van der Waals surface area contributed by atoms with E-state index in [4.69, 9.17) is 8.60 Å². The molecule has 2 heterocycles. The lowest BCUT2D eigenvalue weighted by Crippen LogP contribution is -2.09. The van der Waals surface area contributed by atoms with Crippen LogP contribution in [-0.4, -0.2) is 24.6 Å². The van der Waals surface area contributed by atoms with Gasteiger partial charge in [0.05, 0.1) is 11.5 Å². The second-order valence-electron chi connectivity index (χ2n) is 5.79. The van der Waals surface area contributed by atoms with Gasteiger partial charge in [0.2, 0.25) is 0 Å². The van der Waals surface area contributed by atoms with Crippen molar-refractivity contribution < 1.29 is 17.0 Å². The van der Waals surface area contributed by atoms with Crippen LogP contribution in [0.1, 0.15) is 17.5 Å². The van der Waals surface area contributed by atoms with Gasteiger partial charge in [-0.25, -0.2) is 9.78 Å². The van der Waals surface area contributed by atoms with E-state index in [1.165, 1.54) is 16.7 Å². The summed E-state index contributed by atoms with van der Waals surface area (Å²) >= 11 is 0. The second-order valence-corrected chi connectivity index (χ2v) is 7.40. The van der Waals surface area contributed by atoms with Crippen LogP contribution in [0.15, 0.2) is 50.6 Å². The zero-order chi connectivity index (χ0) is 18.0. The maximum absolute atomic E-state index is 12.1. The molecule has 2 aromatic heterocycles. The van der Waals surface area contributed by atoms with E-state index in [0.29, 0.717) is 24.1 Å². The minimum absolute atomic E-state index is 0.0625. The zero-order valence-corrected chi connectivity index (χ0v) is 14.7. The second kappa shape index (κ2) is 6.81. The van der Waals surface area contributed by atoms with Gasteiger partial charge >= 0.3 is 5.76 Å². The van der Waals surface area contributed by atoms with Gasteiger partial charge in [-0.05, 0) is 43.5 Å². The summed E-state index contributed by atoms with van der Waals surface area (Å²) in [7, 11) is -2.16. The lowest BCUT2D eigenvalue weighted by Gasteiger charge is -2.06. The third kappa shape index (κ3) is 3.80. The Morgan fingerprint density at radius 2 is 1.96 bits per heavy atom. The Labute approximate surface area is 145 Å². The lowest BCUT2D eigenvalue weighted by atomic mass is 10.1. The van der Waals surface area contributed by atoms with Crippen LogP contribution in [-0.2, 0) is 27.8 Å². The first-order valence-electron chi connectivity index (χ1n) is 7.77. The predicted molar refractivity (Wildman–Crippen MR) is 91.9 cm³/mol. The Kier molecular flexibility index (Phi) is 4.73. The summed E-state index contributed by atoms with van der Waals surface area (Å²) in [5.41, 5.74) is 2.72. The number of hydrogen-bond donors (Lipinski definition) is 0. The van der Waals surface area contributed by atoms with Crippen molar-refractivity contribution in [1.82, 2.24) is 9.55 Å². The molecule has 0 aliphatic carbocycles. The van der Waals surface area contributed by atoms with E-state index in [2.05, 4.69) is 4.98 Å². The van der Waals surface area contributed by atoms with E-state index in [0.717, 1.165) is 11.1 Å². The number of oxazole rings is 1. The van der Waals surface area contributed by atoms with Gasteiger partial charge in [-0.2, -0.15) is 8.42 Å². The Balaban J connectivity index is 1.59. The fourth-order valence-corrected chi connectivity index (χ4v) is 3.35. The summed E-state index contributed by atoms with van der Waals surface area (Å²) < 4.78 is 35.6. The van der Waals surface area contributed by atoms with E-state index < -0.39 is 15.9 Å². The Hall–Kier alpha value is -2.45. The summed E-state index contributed by atoms with van der Waals surface area (Å²) in [5.74, 6) is -0.466. The molecule has 0 bridgehead atoms. The van der Waals surface area contributed by atoms with Gasteiger partial charge < -0.3 is 4.42 Å². The third-order valence-corrected chi connectivity index (χ3v) is 5.16. The molecule has 132 valence electrons. The Bertz CT molecular complexity index is 1050. The van der Waals surface area contributed by atoms with Crippen LogP contribution in [0.25, 0.3) is 11.2 Å². The lowest BCUT2D eigenvalue weighted by molar-refractivity contribution is 0.312. The van der Waals surface area contributed by atoms with E-state index in [-0.39, 0.29) is 11.5 Å². The van der Waals surface area contributed by atoms with E-state index in [1.54, 1.807) is 31.4 Å². The molecule has 0 atom stereocenters. The van der Waals surface area contributed by atoms with Gasteiger partial charge in [-0.1, -0.05) is 17.7 Å². The van der Waals surface area contributed by atoms with Crippen LogP contribution in [0.3, 0.4) is 0 Å². The van der Waals surface area contributed by atoms with Crippen molar-refractivity contribution in [2.45, 2.75) is 24.7 Å². The molecule has 7 nitrogen and oxygen atoms in total. The highest BCUT2D eigenvalue weighted by atomic mass is 32.2. The van der Waals surface area contributed by atoms with Crippen molar-refractivity contribution in [3.05, 3.63) is 58.2 Å². The summed E-state index contributed by atoms with van der Waals surface area (Å²) in [5, 5.41) is 0. The number of rotatable bonds is 6. The Morgan fingerprint density at radius 3 is 2.68 bits per heavy atom. The van der Waals surface area contributed by atoms with Crippen molar-refractivity contribution in [3.63, 3.8) is 0 Å². The largest absolute Gasteiger partial charge is 0.420 e. The van der Waals surface area contributed by atoms with E-state index in [9.17, 15) is 13.2 Å². The molecule has 0 fully saturated rings. The zero-order valence-electron chi connectivity index (χ0n) is 13.9. The van der Waals surface area contributed by atoms with Gasteiger partial charge in [-0.15, -0.1) is 0 Å². The van der Waals surface area contributed by atoms with Crippen molar-refractivity contribution in [1.29, 1.82) is 0 Å². The van der Waals surface area contributed by atoms with Crippen molar-refractivity contribution >= 4 is 21.3 Å². The minimum atomic E-state index is -3.75. The maximum Gasteiger partial charge on any atom is 0.420 e. The molecule has 3 rings (SSSR count). The molecule has 0 amide bonds. The van der Waals surface area contributed by atoms with Crippen LogP contribution in [0.2, 0.25) is 0 Å². The summed E-state index contributed by atoms with van der Waals surface area (Å²) in [6.45, 7) is 1.95. The third-order valence-electron chi connectivity index (χ3n) is 3.84. The van der Waals surface area contributed by atoms with Crippen LogP contribution in [0.4, 0.5) is 0 Å². The SMILES string of the molecule is Cc1ccc(S(=O)(=O)OCCCc2cnc3c(c2)oc(=O)n3C)cc1. The number of benzene rings is 1. The molecule has 0 unspecified atom stereocenters. The molecule has 0 N–H and O–H groups in total. The fraction of sp³-hybridized carbons (Fsp3) is 0.294. The van der Waals surface area contributed by atoms with Gasteiger partial charge in [0.1, 0.15) is 0 Å². The fourth-order valence-electron chi connectivity index (χ4n) is 2.41. The van der Waals surface area contributed by atoms with Crippen LogP contribution in [0, 0.1) is 6.92 Å². The molecule has 0 spiro atoms. The highest BCUT2D eigenvalue weighted by molar-refractivity contribution is 7.86. The highest BCUT2D eigenvalue weighted by Crippen LogP contribution is 2.15. The van der Waals surface area contributed by atoms with Gasteiger partial charge in [0, 0.05) is 13.2 Å². The number of fused-ring (bicyclic) bond motifs is 1. The average molecular weight is 362 g/mol. The molecule has 0 aliphatic rings. The first-order valence-corrected chi connectivity index (χ1v) is 9.18. The quantitative estimate of drug-likeness (QED) is 0.493. The molecule has 25 heavy (non-hydrogen) atoms. The monoisotopic (exact) mass is 362 g/mol. The minimum Gasteiger partial charge on any atom is -0.406 e. The number of aryl methyl sites for hydroxylation is 3. The van der Waals surface area contributed by atoms with Crippen molar-refractivity contribution in [3.8, 4) is 0 Å². The molecule has 8 heteroatoms. The van der Waals surface area contributed by atoms with Gasteiger partial charge in [0.15, 0.2) is 11.2 Å². The summed E-state index contributed by atoms with van der Waals surface area (Å²) in [4.78, 5) is 15.8. The topological polar surface area (TPSA) is 91.4 Å². The van der Waals surface area contributed by atoms with Crippen LogP contribution >= 0.6 is 0 Å². The highest BCUT2D eigenvalue weighted by Gasteiger charge is 2.14. The number of aromatic nitrogens is 2. The van der Waals surface area contributed by atoms with Crippen molar-refractivity contribution in [2.75, 3.05) is 6.61 Å². The van der Waals surface area contributed by atoms with Crippen LogP contribution < -0.4 is 5.76 Å². The van der Waals surface area contributed by atoms with Crippen molar-refractivity contribution in [2.24, 2.45) is 7.05 Å². The number of nitrogens with zero attached hydrogens (tertiary/aromatic N) is 2. The first kappa shape index (κ1) is 17.4. The van der Waals surface area contributed by atoms with Crippen LogP contribution in [0.5, 0.6) is 0 Å². The standard InChI is InChI=1S/C17H18N2O5S/c1-12-5-7-14(8-6-12)25(21,22)23-9-3-4-13-10-15-16(18-11-13)19(2)17(20)24-15/h5-8,10-11H,3-4,9H2,1-2H3. The molecule has 0 aliphatic heterocycles. The smallest absolute Gasteiger partial charge is 0.406 e. The molecule has 0 radical (unpaired) electrons. The summed E-state index contributed by atoms with van der Waals surface area (Å²) in [6.07, 6.45) is 2.70. The molecule has 3 aromatic rings. The average Bonchev–Trinajstić information content (AvgIpc) is 2.86. The molecular formula is C17H18N2O5S. The Morgan fingerprint density at radius 1 is 1.24 bits per heavy atom. The molecule has 1 aromatic carbocycles. The first-order chi connectivity index (χ1) is 11.9. The normalized spacial score (nSPS) is 11.9. The van der Waals surface area contributed by atoms with Gasteiger partial charge in [0.25, 0.3) is 10.1 Å². The summed E-state index contributed by atoms with van der Waals surface area (Å²) in [6, 6.07) is 8.24. The van der Waals surface area contributed by atoms with E-state index in [1.807, 2.05) is 6.92 Å².